The van der Waals surface area contributed by atoms with E-state index < -0.39 is 51.0 Å². The number of nitrogens with zero attached hydrogens (tertiary/aromatic N) is 1. The van der Waals surface area contributed by atoms with Crippen molar-refractivity contribution in [2.24, 2.45) is 0 Å². The smallest absolute Gasteiger partial charge is 0.349 e. The Morgan fingerprint density at radius 2 is 1.63 bits per heavy atom. The maximum atomic E-state index is 14.8. The second-order valence-corrected chi connectivity index (χ2v) is 11.6. The SMILES string of the molecule is BC(NC(=O)C(F)(F)c1ccc(Cl)cc1)c1ccc2c(c1)CN([C@]1(B)C(=O)NC(=O)C(B)(B)C1(B)B)C2=O. The number of piperidine rings is 1. The van der Waals surface area contributed by atoms with Crippen molar-refractivity contribution in [3.63, 3.8) is 0 Å². The summed E-state index contributed by atoms with van der Waals surface area (Å²) in [4.78, 5) is 53.2. The molecule has 7 nitrogen and oxygen atoms in total. The van der Waals surface area contributed by atoms with Crippen molar-refractivity contribution >= 4 is 82.3 Å². The lowest BCUT2D eigenvalue weighted by atomic mass is 9.21. The van der Waals surface area contributed by atoms with Crippen molar-refractivity contribution in [3.8, 4) is 0 Å². The first-order valence-electron chi connectivity index (χ1n) is 12.2. The largest absolute Gasteiger partial charge is 0.352 e. The first-order chi connectivity index (χ1) is 17.5. The van der Waals surface area contributed by atoms with E-state index in [-0.39, 0.29) is 17.5 Å². The quantitative estimate of drug-likeness (QED) is 0.310. The lowest BCUT2D eigenvalue weighted by Gasteiger charge is -2.59. The van der Waals surface area contributed by atoms with Crippen LogP contribution in [0.5, 0.6) is 0 Å². The molecule has 2 N–H and O–H groups in total. The highest BCUT2D eigenvalue weighted by molar-refractivity contribution is 6.66. The zero-order valence-electron chi connectivity index (χ0n) is 22.0. The molecule has 1 fully saturated rings. The van der Waals surface area contributed by atoms with Crippen LogP contribution < -0.4 is 10.6 Å². The van der Waals surface area contributed by atoms with Crippen LogP contribution in [0.4, 0.5) is 8.78 Å². The number of alkyl halides is 2. The molecule has 0 radical (unpaired) electrons. The number of hydrogen-bond donors (Lipinski definition) is 2. The van der Waals surface area contributed by atoms with Crippen LogP contribution in [0, 0.1) is 0 Å². The van der Waals surface area contributed by atoms with Gasteiger partial charge in [0.1, 0.15) is 47.1 Å². The van der Waals surface area contributed by atoms with Crippen LogP contribution in [0.2, 0.25) is 15.5 Å². The first kappa shape index (κ1) is 28.1. The fourth-order valence-electron chi connectivity index (χ4n) is 5.15. The molecule has 1 saturated heterocycles. The van der Waals surface area contributed by atoms with Crippen LogP contribution in [-0.2, 0) is 26.9 Å². The molecule has 2 aliphatic rings. The van der Waals surface area contributed by atoms with Crippen LogP contribution in [0.25, 0.3) is 0 Å². The summed E-state index contributed by atoms with van der Waals surface area (Å²) in [6.07, 6.45) is 0. The van der Waals surface area contributed by atoms with Crippen LogP contribution in [0.15, 0.2) is 42.5 Å². The van der Waals surface area contributed by atoms with Crippen molar-refractivity contribution < 1.29 is 28.0 Å². The molecule has 2 aromatic carbocycles. The molecule has 2 atom stereocenters. The summed E-state index contributed by atoms with van der Waals surface area (Å²) >= 11 is 5.76. The third kappa shape index (κ3) is 4.01. The van der Waals surface area contributed by atoms with E-state index >= 15 is 0 Å². The van der Waals surface area contributed by atoms with Gasteiger partial charge in [-0.3, -0.25) is 24.5 Å². The monoisotopic (exact) mass is 533 g/mol. The van der Waals surface area contributed by atoms with Crippen molar-refractivity contribution in [2.45, 2.75) is 34.3 Å². The number of rotatable bonds is 5. The Labute approximate surface area is 229 Å². The fourth-order valence-corrected chi connectivity index (χ4v) is 5.28. The maximum Gasteiger partial charge on any atom is 0.349 e. The van der Waals surface area contributed by atoms with Crippen LogP contribution in [0.1, 0.15) is 33.0 Å². The van der Waals surface area contributed by atoms with E-state index in [9.17, 15) is 28.0 Å². The van der Waals surface area contributed by atoms with Crippen LogP contribution >= 0.6 is 11.6 Å². The van der Waals surface area contributed by atoms with E-state index in [2.05, 4.69) is 10.6 Å². The van der Waals surface area contributed by atoms with Gasteiger partial charge in [-0.15, -0.1) is 0 Å². The highest BCUT2D eigenvalue weighted by Crippen LogP contribution is 2.55. The molecule has 0 bridgehead atoms. The number of fused-ring (bicyclic) bond motifs is 1. The molecule has 190 valence electrons. The van der Waals surface area contributed by atoms with Gasteiger partial charge in [0.25, 0.3) is 11.8 Å². The number of imide groups is 1. The van der Waals surface area contributed by atoms with Gasteiger partial charge in [-0.25, -0.2) is 0 Å². The number of hydrogen-bond acceptors (Lipinski definition) is 4. The Morgan fingerprint density at radius 1 is 1.03 bits per heavy atom. The van der Waals surface area contributed by atoms with E-state index in [4.69, 9.17) is 11.6 Å². The van der Waals surface area contributed by atoms with Gasteiger partial charge in [0.05, 0.1) is 5.44 Å². The Morgan fingerprint density at radius 3 is 2.24 bits per heavy atom. The molecule has 4 rings (SSSR count). The normalized spacial score (nSPS) is 22.9. The van der Waals surface area contributed by atoms with Crippen molar-refractivity contribution in [1.29, 1.82) is 0 Å². The predicted octanol–water partition coefficient (Wildman–Crippen LogP) is -3.41. The highest BCUT2D eigenvalue weighted by Gasteiger charge is 2.64. The summed E-state index contributed by atoms with van der Waals surface area (Å²) in [5, 5.41) is 3.17. The fraction of sp³-hybridized carbons (Fsp3) is 0.273. The van der Waals surface area contributed by atoms with E-state index in [1.807, 2.05) is 0 Å². The minimum atomic E-state index is -3.78. The van der Waals surface area contributed by atoms with Gasteiger partial charge in [-0.2, -0.15) is 8.78 Å². The molecule has 2 aliphatic heterocycles. The lowest BCUT2D eigenvalue weighted by Crippen LogP contribution is -2.75. The van der Waals surface area contributed by atoms with Crippen LogP contribution in [0.3, 0.4) is 0 Å². The molecule has 1 unspecified atom stereocenters. The number of nitrogens with one attached hydrogen (secondary N) is 2. The van der Waals surface area contributed by atoms with Crippen molar-refractivity contribution in [1.82, 2.24) is 15.5 Å². The topological polar surface area (TPSA) is 95.6 Å². The minimum Gasteiger partial charge on any atom is -0.352 e. The lowest BCUT2D eigenvalue weighted by molar-refractivity contribution is -0.147. The molecule has 38 heavy (non-hydrogen) atoms. The van der Waals surface area contributed by atoms with Crippen molar-refractivity contribution in [2.75, 3.05) is 0 Å². The number of amides is 4. The maximum absolute atomic E-state index is 14.8. The van der Waals surface area contributed by atoms with Crippen LogP contribution in [-0.4, -0.2) is 81.0 Å². The molecule has 0 aromatic heterocycles. The third-order valence-corrected chi connectivity index (χ3v) is 9.08. The molecular weight excluding hydrogens is 509 g/mol. The average Bonchev–Trinajstić information content (AvgIpc) is 3.18. The first-order valence-corrected chi connectivity index (χ1v) is 12.6. The number of benzene rings is 2. The molecule has 0 saturated carbocycles. The summed E-state index contributed by atoms with van der Waals surface area (Å²) in [5.74, 6) is -7.37. The van der Waals surface area contributed by atoms with E-state index in [0.29, 0.717) is 16.7 Å². The Bertz CT molecular complexity index is 1380. The summed E-state index contributed by atoms with van der Waals surface area (Å²) in [7, 11) is 10.3. The Kier molecular flexibility index (Phi) is 6.70. The van der Waals surface area contributed by atoms with Gasteiger partial charge in [-0.05, 0) is 34.5 Å². The molecule has 2 heterocycles. The van der Waals surface area contributed by atoms with Gasteiger partial charge in [0.15, 0.2) is 0 Å². The molecule has 4 amide bonds. The van der Waals surface area contributed by atoms with Gasteiger partial charge in [0.2, 0.25) is 11.8 Å². The zero-order valence-corrected chi connectivity index (χ0v) is 22.8. The second-order valence-electron chi connectivity index (χ2n) is 11.2. The molecule has 0 aliphatic carbocycles. The second kappa shape index (κ2) is 9.07. The third-order valence-electron chi connectivity index (χ3n) is 8.83. The van der Waals surface area contributed by atoms with Gasteiger partial charge in [-0.1, -0.05) is 41.1 Å². The Balaban J connectivity index is 1.58. The predicted molar refractivity (Wildman–Crippen MR) is 155 cm³/mol. The van der Waals surface area contributed by atoms with E-state index in [1.54, 1.807) is 65.3 Å². The Hall–Kier alpha value is -2.94. The number of halogens is 3. The number of carbonyl (C=O) groups excluding carboxylic acids is 4. The molecule has 2 aromatic rings. The molecule has 0 spiro atoms. The number of carbonyl (C=O) groups is 4. The van der Waals surface area contributed by atoms with Gasteiger partial charge >= 0.3 is 5.92 Å². The standard InChI is InChI=1S/C22H24B6ClF2N3O4/c23-14(32-16(36)19(30,31)11-2-4-12(29)5-3-11)9-1-6-13-10(7-9)8-34(15(13)35)21(26)18(38)33-17(37)20(24,25)22(21,27)28/h1-7,14H,8,23-28H2,(H,32,36)(H,33,37,38)/t14?,21-/m1/s1. The molecular formula is C22H24B6ClF2N3O4. The summed E-state index contributed by atoms with van der Waals surface area (Å²) in [5.41, 5.74) is -0.339. The van der Waals surface area contributed by atoms with E-state index in [1.165, 1.54) is 17.0 Å². The van der Waals surface area contributed by atoms with Gasteiger partial charge < -0.3 is 10.2 Å². The summed E-state index contributed by atoms with van der Waals surface area (Å²) in [6.45, 7) is 0.0846. The van der Waals surface area contributed by atoms with E-state index in [0.717, 1.165) is 12.1 Å². The average molecular weight is 533 g/mol. The van der Waals surface area contributed by atoms with Gasteiger partial charge in [0, 0.05) is 28.6 Å². The highest BCUT2D eigenvalue weighted by atomic mass is 35.5. The molecule has 16 heteroatoms. The summed E-state index contributed by atoms with van der Waals surface area (Å²) in [6, 6.07) is 9.60. The van der Waals surface area contributed by atoms with Crippen molar-refractivity contribution in [3.05, 3.63) is 69.7 Å². The summed E-state index contributed by atoms with van der Waals surface area (Å²) < 4.78 is 29.5. The zero-order chi connectivity index (χ0) is 28.4. The minimum absolute atomic E-state index is 0.0846.